The fourth-order valence-corrected chi connectivity index (χ4v) is 5.97. The summed E-state index contributed by atoms with van der Waals surface area (Å²) in [5.74, 6) is -0.450. The average molecular weight is 463 g/mol. The molecule has 7 nitrogen and oxygen atoms in total. The van der Waals surface area contributed by atoms with Crippen LogP contribution in [0.15, 0.2) is 53.0 Å². The minimum absolute atomic E-state index is 0.0473. The van der Waals surface area contributed by atoms with Crippen LogP contribution in [0.4, 0.5) is 5.13 Å². The van der Waals surface area contributed by atoms with E-state index < -0.39 is 15.9 Å². The number of aromatic nitrogens is 2. The van der Waals surface area contributed by atoms with Crippen molar-refractivity contribution in [2.24, 2.45) is 0 Å². The van der Waals surface area contributed by atoms with Crippen molar-refractivity contribution in [1.82, 2.24) is 14.3 Å². The molecule has 3 aromatic rings. The molecule has 0 saturated carbocycles. The number of sulfonamides is 1. The maximum atomic E-state index is 13.0. The standard InChI is InChI=1S/C20H19ClN4O3S2/c21-16-7-6-14(11-18(16)30(27,28)25-9-2-1-3-10-25)19(26)24-20-23-17(13-29-20)15-5-4-8-22-12-15/h4-8,11-13H,1-3,9-10H2,(H,23,24,26). The third kappa shape index (κ3) is 4.39. The van der Waals surface area contributed by atoms with Crippen molar-refractivity contribution in [2.75, 3.05) is 18.4 Å². The lowest BCUT2D eigenvalue weighted by Crippen LogP contribution is -2.35. The summed E-state index contributed by atoms with van der Waals surface area (Å²) >= 11 is 7.46. The third-order valence-electron chi connectivity index (χ3n) is 4.81. The number of hydrogen-bond donors (Lipinski definition) is 1. The van der Waals surface area contributed by atoms with E-state index in [9.17, 15) is 13.2 Å². The molecule has 10 heteroatoms. The minimum atomic E-state index is -3.75. The molecule has 1 N–H and O–H groups in total. The number of rotatable bonds is 5. The molecule has 3 heterocycles. The zero-order valence-electron chi connectivity index (χ0n) is 15.9. The van der Waals surface area contributed by atoms with E-state index in [-0.39, 0.29) is 15.5 Å². The molecule has 0 atom stereocenters. The second-order valence-corrected chi connectivity index (χ2v) is 10.0. The monoisotopic (exact) mass is 462 g/mol. The highest BCUT2D eigenvalue weighted by atomic mass is 35.5. The largest absolute Gasteiger partial charge is 0.298 e. The first-order chi connectivity index (χ1) is 14.4. The summed E-state index contributed by atoms with van der Waals surface area (Å²) in [7, 11) is -3.75. The van der Waals surface area contributed by atoms with Gasteiger partial charge in [0.1, 0.15) is 4.90 Å². The Morgan fingerprint density at radius 3 is 2.70 bits per heavy atom. The van der Waals surface area contributed by atoms with Gasteiger partial charge in [-0.2, -0.15) is 4.31 Å². The Balaban J connectivity index is 1.55. The van der Waals surface area contributed by atoms with Gasteiger partial charge in [-0.05, 0) is 43.2 Å². The van der Waals surface area contributed by atoms with Gasteiger partial charge in [-0.15, -0.1) is 11.3 Å². The number of benzene rings is 1. The van der Waals surface area contributed by atoms with Crippen molar-refractivity contribution in [1.29, 1.82) is 0 Å². The van der Waals surface area contributed by atoms with Crippen molar-refractivity contribution in [2.45, 2.75) is 24.2 Å². The molecule has 0 bridgehead atoms. The highest BCUT2D eigenvalue weighted by molar-refractivity contribution is 7.89. The first kappa shape index (κ1) is 20.9. The summed E-state index contributed by atoms with van der Waals surface area (Å²) in [6, 6.07) is 7.96. The lowest BCUT2D eigenvalue weighted by molar-refractivity contribution is 0.102. The number of anilines is 1. The van der Waals surface area contributed by atoms with Crippen molar-refractivity contribution in [3.63, 3.8) is 0 Å². The SMILES string of the molecule is O=C(Nc1nc(-c2cccnc2)cs1)c1ccc(Cl)c(S(=O)(=O)N2CCCCC2)c1. The van der Waals surface area contributed by atoms with Crippen molar-refractivity contribution in [3.05, 3.63) is 58.7 Å². The molecular weight excluding hydrogens is 444 g/mol. The molecule has 30 heavy (non-hydrogen) atoms. The highest BCUT2D eigenvalue weighted by Gasteiger charge is 2.28. The molecule has 1 fully saturated rings. The zero-order chi connectivity index (χ0) is 21.1. The van der Waals surface area contributed by atoms with E-state index in [4.69, 9.17) is 11.6 Å². The van der Waals surface area contributed by atoms with E-state index in [0.717, 1.165) is 24.8 Å². The number of pyridine rings is 1. The number of thiazole rings is 1. The van der Waals surface area contributed by atoms with E-state index >= 15 is 0 Å². The second kappa shape index (κ2) is 8.81. The fraction of sp³-hybridized carbons (Fsp3) is 0.250. The van der Waals surface area contributed by atoms with Crippen molar-refractivity contribution in [3.8, 4) is 11.3 Å². The lowest BCUT2D eigenvalue weighted by Gasteiger charge is -2.26. The van der Waals surface area contributed by atoms with Crippen LogP contribution in [0.1, 0.15) is 29.6 Å². The molecule has 0 aliphatic carbocycles. The summed E-state index contributed by atoms with van der Waals surface area (Å²) in [5.41, 5.74) is 1.75. The number of hydrogen-bond acceptors (Lipinski definition) is 6. The molecule has 1 amide bonds. The van der Waals surface area contributed by atoms with Gasteiger partial charge in [-0.3, -0.25) is 15.1 Å². The van der Waals surface area contributed by atoms with Crippen LogP contribution >= 0.6 is 22.9 Å². The molecule has 2 aromatic heterocycles. The predicted molar refractivity (Wildman–Crippen MR) is 117 cm³/mol. The Morgan fingerprint density at radius 2 is 1.97 bits per heavy atom. The molecule has 4 rings (SSSR count). The molecule has 1 aliphatic rings. The van der Waals surface area contributed by atoms with Crippen LogP contribution < -0.4 is 5.32 Å². The van der Waals surface area contributed by atoms with E-state index in [1.165, 1.54) is 33.8 Å². The van der Waals surface area contributed by atoms with E-state index in [0.29, 0.717) is 23.9 Å². The van der Waals surface area contributed by atoms with E-state index in [1.54, 1.807) is 12.4 Å². The van der Waals surface area contributed by atoms with Gasteiger partial charge in [0.2, 0.25) is 10.0 Å². The second-order valence-electron chi connectivity index (χ2n) is 6.84. The number of piperidine rings is 1. The molecule has 1 aliphatic heterocycles. The number of halogens is 1. The molecule has 0 unspecified atom stereocenters. The Morgan fingerprint density at radius 1 is 1.17 bits per heavy atom. The maximum absolute atomic E-state index is 13.0. The molecule has 1 saturated heterocycles. The first-order valence-corrected chi connectivity index (χ1v) is 12.1. The Labute approximate surface area is 183 Å². The summed E-state index contributed by atoms with van der Waals surface area (Å²) in [4.78, 5) is 21.1. The van der Waals surface area contributed by atoms with Gasteiger partial charge < -0.3 is 0 Å². The van der Waals surface area contributed by atoms with Gasteiger partial charge in [-0.1, -0.05) is 18.0 Å². The summed E-state index contributed by atoms with van der Waals surface area (Å²) in [6.45, 7) is 0.927. The smallest absolute Gasteiger partial charge is 0.257 e. The van der Waals surface area contributed by atoms with Crippen molar-refractivity contribution >= 4 is 44.0 Å². The maximum Gasteiger partial charge on any atom is 0.257 e. The molecule has 156 valence electrons. The van der Waals surface area contributed by atoms with Crippen molar-refractivity contribution < 1.29 is 13.2 Å². The summed E-state index contributed by atoms with van der Waals surface area (Å²) < 4.78 is 27.4. The Hall–Kier alpha value is -2.33. The van der Waals surface area contributed by atoms with Gasteiger partial charge in [0.25, 0.3) is 5.91 Å². The Kier molecular flexibility index (Phi) is 6.14. The number of carbonyl (C=O) groups is 1. The van der Waals surface area contributed by atoms with Gasteiger partial charge in [0, 0.05) is 42.0 Å². The van der Waals surface area contributed by atoms with E-state index in [1.807, 2.05) is 17.5 Å². The zero-order valence-corrected chi connectivity index (χ0v) is 18.3. The third-order valence-corrected chi connectivity index (χ3v) is 7.95. The average Bonchev–Trinajstić information content (AvgIpc) is 3.23. The topological polar surface area (TPSA) is 92.3 Å². The van der Waals surface area contributed by atoms with Crippen LogP contribution in [0.2, 0.25) is 5.02 Å². The van der Waals surface area contributed by atoms with Crippen LogP contribution in [0.5, 0.6) is 0 Å². The Bertz CT molecular complexity index is 1160. The highest BCUT2D eigenvalue weighted by Crippen LogP contribution is 2.29. The summed E-state index contributed by atoms with van der Waals surface area (Å²) in [5, 5.41) is 5.06. The van der Waals surface area contributed by atoms with Crippen LogP contribution in [-0.2, 0) is 10.0 Å². The first-order valence-electron chi connectivity index (χ1n) is 9.42. The van der Waals surface area contributed by atoms with Crippen LogP contribution in [0.3, 0.4) is 0 Å². The normalized spacial score (nSPS) is 15.1. The van der Waals surface area contributed by atoms with Crippen LogP contribution in [-0.4, -0.2) is 41.7 Å². The molecule has 0 radical (unpaired) electrons. The van der Waals surface area contributed by atoms with Gasteiger partial charge in [0.15, 0.2) is 5.13 Å². The van der Waals surface area contributed by atoms with E-state index in [2.05, 4.69) is 15.3 Å². The number of nitrogens with one attached hydrogen (secondary N) is 1. The summed E-state index contributed by atoms with van der Waals surface area (Å²) in [6.07, 6.45) is 6.02. The quantitative estimate of drug-likeness (QED) is 0.610. The number of carbonyl (C=O) groups excluding carboxylic acids is 1. The molecule has 0 spiro atoms. The van der Waals surface area contributed by atoms with Crippen LogP contribution in [0, 0.1) is 0 Å². The fourth-order valence-electron chi connectivity index (χ4n) is 3.23. The number of nitrogens with zero attached hydrogens (tertiary/aromatic N) is 3. The molecular formula is C20H19ClN4O3S2. The number of amides is 1. The lowest BCUT2D eigenvalue weighted by atomic mass is 10.2. The van der Waals surface area contributed by atoms with Gasteiger partial charge >= 0.3 is 0 Å². The minimum Gasteiger partial charge on any atom is -0.298 e. The molecule has 1 aromatic carbocycles. The van der Waals surface area contributed by atoms with Crippen LogP contribution in [0.25, 0.3) is 11.3 Å². The van der Waals surface area contributed by atoms with Gasteiger partial charge in [-0.25, -0.2) is 13.4 Å². The van der Waals surface area contributed by atoms with Gasteiger partial charge in [0.05, 0.1) is 10.7 Å². The predicted octanol–water partition coefficient (Wildman–Crippen LogP) is 4.29.